The highest BCUT2D eigenvalue weighted by molar-refractivity contribution is 6.30. The van der Waals surface area contributed by atoms with E-state index in [-0.39, 0.29) is 5.56 Å². The SMILES string of the molecule is O=c1nc(-c2ccc(-c3ccccc3)cc2)n(-c2ccc(Cl)cc2)c2c1ncn2C1CC1. The number of benzene rings is 3. The lowest BCUT2D eigenvalue weighted by molar-refractivity contribution is 0.746. The van der Waals surface area contributed by atoms with Crippen LogP contribution in [0.1, 0.15) is 18.9 Å². The van der Waals surface area contributed by atoms with Crippen molar-refractivity contribution in [2.24, 2.45) is 0 Å². The first-order valence-electron chi connectivity index (χ1n) is 10.6. The van der Waals surface area contributed by atoms with Gasteiger partial charge in [0.05, 0.1) is 6.33 Å². The van der Waals surface area contributed by atoms with Crippen molar-refractivity contribution in [3.8, 4) is 28.2 Å². The number of hydrogen-bond acceptors (Lipinski definition) is 3. The van der Waals surface area contributed by atoms with Gasteiger partial charge in [0.2, 0.25) is 0 Å². The first-order valence-corrected chi connectivity index (χ1v) is 11.0. The van der Waals surface area contributed by atoms with Crippen molar-refractivity contribution in [1.82, 2.24) is 19.1 Å². The van der Waals surface area contributed by atoms with E-state index in [1.54, 1.807) is 6.33 Å². The summed E-state index contributed by atoms with van der Waals surface area (Å²) in [5, 5.41) is 0.656. The van der Waals surface area contributed by atoms with Crippen LogP contribution in [-0.2, 0) is 0 Å². The van der Waals surface area contributed by atoms with Crippen molar-refractivity contribution < 1.29 is 0 Å². The fraction of sp³-hybridized carbons (Fsp3) is 0.115. The quantitative estimate of drug-likeness (QED) is 0.350. The van der Waals surface area contributed by atoms with Crippen LogP contribution in [0, 0.1) is 0 Å². The summed E-state index contributed by atoms with van der Waals surface area (Å²) in [5.74, 6) is 0.590. The predicted octanol–water partition coefficient (Wildman–Crippen LogP) is 5.90. The normalized spacial score (nSPS) is 13.5. The average molecular weight is 439 g/mol. The smallest absolute Gasteiger partial charge is 0.301 e. The van der Waals surface area contributed by atoms with Gasteiger partial charge in [-0.15, -0.1) is 0 Å². The molecule has 0 N–H and O–H groups in total. The zero-order valence-electron chi connectivity index (χ0n) is 17.1. The van der Waals surface area contributed by atoms with Crippen LogP contribution in [0.2, 0.25) is 5.02 Å². The van der Waals surface area contributed by atoms with Gasteiger partial charge < -0.3 is 4.57 Å². The van der Waals surface area contributed by atoms with Gasteiger partial charge in [0.1, 0.15) is 5.82 Å². The van der Waals surface area contributed by atoms with Gasteiger partial charge in [0.15, 0.2) is 11.2 Å². The van der Waals surface area contributed by atoms with Gasteiger partial charge >= 0.3 is 5.56 Å². The minimum atomic E-state index is -0.313. The third kappa shape index (κ3) is 3.22. The molecule has 0 bridgehead atoms. The van der Waals surface area contributed by atoms with E-state index in [4.69, 9.17) is 11.6 Å². The molecule has 1 saturated carbocycles. The Bertz CT molecular complexity index is 1480. The van der Waals surface area contributed by atoms with Crippen LogP contribution in [0.4, 0.5) is 0 Å². The van der Waals surface area contributed by atoms with E-state index >= 15 is 0 Å². The van der Waals surface area contributed by atoms with Crippen molar-refractivity contribution in [2.45, 2.75) is 18.9 Å². The largest absolute Gasteiger partial charge is 0.313 e. The molecular formula is C26H19ClN4O. The third-order valence-electron chi connectivity index (χ3n) is 5.88. The van der Waals surface area contributed by atoms with E-state index in [9.17, 15) is 4.79 Å². The molecule has 0 amide bonds. The Morgan fingerprint density at radius 2 is 1.47 bits per heavy atom. The molecular weight excluding hydrogens is 420 g/mol. The first-order chi connectivity index (χ1) is 15.7. The topological polar surface area (TPSA) is 52.7 Å². The van der Waals surface area contributed by atoms with Gasteiger partial charge in [0.25, 0.3) is 0 Å². The minimum Gasteiger partial charge on any atom is -0.313 e. The number of rotatable bonds is 4. The number of fused-ring (bicyclic) bond motifs is 1. The summed E-state index contributed by atoms with van der Waals surface area (Å²) in [7, 11) is 0. The fourth-order valence-corrected chi connectivity index (χ4v) is 4.24. The molecule has 6 heteroatoms. The molecule has 0 aliphatic heterocycles. The summed E-state index contributed by atoms with van der Waals surface area (Å²) >= 11 is 6.15. The van der Waals surface area contributed by atoms with E-state index in [0.717, 1.165) is 40.9 Å². The van der Waals surface area contributed by atoms with Gasteiger partial charge in [-0.3, -0.25) is 9.36 Å². The average Bonchev–Trinajstić information content (AvgIpc) is 3.58. The second kappa shape index (κ2) is 7.46. The number of aromatic nitrogens is 4. The van der Waals surface area contributed by atoms with Crippen molar-refractivity contribution in [2.75, 3.05) is 0 Å². The summed E-state index contributed by atoms with van der Waals surface area (Å²) in [4.78, 5) is 21.8. The zero-order chi connectivity index (χ0) is 21.7. The molecule has 5 aromatic rings. The summed E-state index contributed by atoms with van der Waals surface area (Å²) < 4.78 is 4.13. The maximum atomic E-state index is 12.9. The second-order valence-electron chi connectivity index (χ2n) is 8.05. The summed E-state index contributed by atoms with van der Waals surface area (Å²) in [6, 6.07) is 26.3. The van der Waals surface area contributed by atoms with Crippen molar-refractivity contribution in [3.63, 3.8) is 0 Å². The number of hydrogen-bond donors (Lipinski definition) is 0. The Hall–Kier alpha value is -3.70. The van der Waals surface area contributed by atoms with Crippen LogP contribution in [0.3, 0.4) is 0 Å². The fourth-order valence-electron chi connectivity index (χ4n) is 4.12. The predicted molar refractivity (Wildman–Crippen MR) is 127 cm³/mol. The number of imidazole rings is 1. The molecule has 2 aromatic heterocycles. The van der Waals surface area contributed by atoms with Gasteiger partial charge in [0, 0.05) is 22.3 Å². The lowest BCUT2D eigenvalue weighted by atomic mass is 10.0. The van der Waals surface area contributed by atoms with E-state index in [1.807, 2.05) is 59.2 Å². The second-order valence-corrected chi connectivity index (χ2v) is 8.49. The summed E-state index contributed by atoms with van der Waals surface area (Å²) in [6.45, 7) is 0. The Kier molecular flexibility index (Phi) is 4.44. The Labute approximate surface area is 189 Å². The molecule has 1 aliphatic carbocycles. The zero-order valence-corrected chi connectivity index (χ0v) is 17.9. The molecule has 0 unspecified atom stereocenters. The highest BCUT2D eigenvalue weighted by Crippen LogP contribution is 2.38. The standard InChI is InChI=1S/C26H19ClN4O/c27-20-10-12-22(13-11-20)31-24(19-8-6-18(7-9-19)17-4-2-1-3-5-17)29-25(32)23-26(31)30(16-28-23)21-14-15-21/h1-13,16,21H,14-15H2. The molecule has 3 aromatic carbocycles. The van der Waals surface area contributed by atoms with Gasteiger partial charge in [-0.1, -0.05) is 66.2 Å². The van der Waals surface area contributed by atoms with Crippen LogP contribution < -0.4 is 5.56 Å². The van der Waals surface area contributed by atoms with Crippen molar-refractivity contribution in [1.29, 1.82) is 0 Å². The van der Waals surface area contributed by atoms with Crippen LogP contribution in [-0.4, -0.2) is 19.1 Å². The number of nitrogens with zero attached hydrogens (tertiary/aromatic N) is 4. The highest BCUT2D eigenvalue weighted by Gasteiger charge is 2.28. The molecule has 0 saturated heterocycles. The van der Waals surface area contributed by atoms with E-state index in [1.165, 1.54) is 0 Å². The van der Waals surface area contributed by atoms with E-state index in [0.29, 0.717) is 22.4 Å². The van der Waals surface area contributed by atoms with Crippen molar-refractivity contribution >= 4 is 22.8 Å². The molecule has 0 atom stereocenters. The van der Waals surface area contributed by atoms with Gasteiger partial charge in [-0.25, -0.2) is 4.98 Å². The van der Waals surface area contributed by atoms with Gasteiger partial charge in [-0.2, -0.15) is 4.98 Å². The Balaban J connectivity index is 1.59. The van der Waals surface area contributed by atoms with Crippen LogP contribution in [0.5, 0.6) is 0 Å². The lowest BCUT2D eigenvalue weighted by Crippen LogP contribution is -2.17. The first kappa shape index (κ1) is 19.0. The minimum absolute atomic E-state index is 0.313. The Morgan fingerprint density at radius 1 is 0.812 bits per heavy atom. The third-order valence-corrected chi connectivity index (χ3v) is 6.13. The van der Waals surface area contributed by atoms with Crippen LogP contribution in [0.25, 0.3) is 39.4 Å². The molecule has 2 heterocycles. The molecule has 156 valence electrons. The number of halogens is 1. The Morgan fingerprint density at radius 3 is 2.16 bits per heavy atom. The van der Waals surface area contributed by atoms with E-state index in [2.05, 4.69) is 38.8 Å². The molecule has 6 rings (SSSR count). The molecule has 1 aliphatic rings. The summed E-state index contributed by atoms with van der Waals surface area (Å²) in [5.41, 5.74) is 4.85. The maximum Gasteiger partial charge on any atom is 0.301 e. The summed E-state index contributed by atoms with van der Waals surface area (Å²) in [6.07, 6.45) is 3.94. The van der Waals surface area contributed by atoms with Crippen LogP contribution >= 0.6 is 11.6 Å². The molecule has 1 fully saturated rings. The maximum absolute atomic E-state index is 12.9. The lowest BCUT2D eigenvalue weighted by Gasteiger charge is -2.17. The van der Waals surface area contributed by atoms with Crippen LogP contribution in [0.15, 0.2) is 90.0 Å². The molecule has 0 radical (unpaired) electrons. The monoisotopic (exact) mass is 438 g/mol. The molecule has 0 spiro atoms. The molecule has 32 heavy (non-hydrogen) atoms. The van der Waals surface area contributed by atoms with E-state index < -0.39 is 0 Å². The molecule has 5 nitrogen and oxygen atoms in total. The van der Waals surface area contributed by atoms with Gasteiger partial charge in [-0.05, 0) is 48.2 Å². The highest BCUT2D eigenvalue weighted by atomic mass is 35.5. The van der Waals surface area contributed by atoms with Crippen molar-refractivity contribution in [3.05, 3.63) is 101 Å².